The molecule has 2 bridgehead atoms. The number of non-ortho nitro benzene ring substituents is 1. The number of aromatic nitrogens is 3. The Kier molecular flexibility index (Phi) is 3.82. The first-order chi connectivity index (χ1) is 14.6. The molecule has 2 aliphatic carbocycles. The molecule has 2 unspecified atom stereocenters. The van der Waals surface area contributed by atoms with E-state index in [0.717, 1.165) is 17.8 Å². The summed E-state index contributed by atoms with van der Waals surface area (Å²) in [6.07, 6.45) is 1.45. The monoisotopic (exact) mass is 417 g/mol. The molecule has 0 radical (unpaired) electrons. The van der Waals surface area contributed by atoms with Crippen molar-refractivity contribution in [1.29, 1.82) is 0 Å². The van der Waals surface area contributed by atoms with Crippen molar-refractivity contribution < 1.29 is 9.72 Å². The molecule has 0 aliphatic heterocycles. The molecule has 2 heterocycles. The predicted molar refractivity (Wildman–Crippen MR) is 116 cm³/mol. The van der Waals surface area contributed by atoms with Crippen molar-refractivity contribution in [1.82, 2.24) is 15.0 Å². The van der Waals surface area contributed by atoms with Crippen molar-refractivity contribution in [3.8, 4) is 0 Å². The molecule has 2 aromatic heterocycles. The van der Waals surface area contributed by atoms with Crippen LogP contribution in [-0.2, 0) is 15.6 Å². The number of hydrogen-bond acceptors (Lipinski definition) is 6. The van der Waals surface area contributed by atoms with Gasteiger partial charge >= 0.3 is 0 Å². The molecule has 0 spiro atoms. The van der Waals surface area contributed by atoms with Crippen LogP contribution in [0.25, 0.3) is 11.0 Å². The van der Waals surface area contributed by atoms with Crippen LogP contribution in [0, 0.1) is 22.5 Å². The number of nitrogens with one attached hydrogen (secondary N) is 1. The fourth-order valence-electron chi connectivity index (χ4n) is 5.54. The highest BCUT2D eigenvalue weighted by Gasteiger charge is 2.73. The largest absolute Gasteiger partial charge is 0.310 e. The third-order valence-corrected chi connectivity index (χ3v) is 7.75. The number of rotatable bonds is 3. The van der Waals surface area contributed by atoms with E-state index in [1.165, 1.54) is 12.1 Å². The zero-order chi connectivity index (χ0) is 22.2. The van der Waals surface area contributed by atoms with Gasteiger partial charge < -0.3 is 5.32 Å². The molecule has 2 atom stereocenters. The highest BCUT2D eigenvalue weighted by molar-refractivity contribution is 6.01. The van der Waals surface area contributed by atoms with Gasteiger partial charge in [-0.3, -0.25) is 14.9 Å². The van der Waals surface area contributed by atoms with Gasteiger partial charge in [-0.2, -0.15) is 0 Å². The Bertz CT molecular complexity index is 1290. The van der Waals surface area contributed by atoms with E-state index >= 15 is 0 Å². The Morgan fingerprint density at radius 2 is 1.77 bits per heavy atom. The number of pyridine rings is 1. The Morgan fingerprint density at radius 1 is 1.03 bits per heavy atom. The zero-order valence-corrected chi connectivity index (χ0v) is 17.9. The number of aryl methyl sites for hydroxylation is 1. The van der Waals surface area contributed by atoms with Gasteiger partial charge in [-0.25, -0.2) is 15.0 Å². The van der Waals surface area contributed by atoms with E-state index in [2.05, 4.69) is 31.1 Å². The lowest BCUT2D eigenvalue weighted by Crippen LogP contribution is -2.48. The Labute approximate surface area is 179 Å². The maximum atomic E-state index is 13.8. The minimum Gasteiger partial charge on any atom is -0.310 e. The van der Waals surface area contributed by atoms with Crippen LogP contribution in [0.5, 0.6) is 0 Å². The Morgan fingerprint density at radius 3 is 2.48 bits per heavy atom. The summed E-state index contributed by atoms with van der Waals surface area (Å²) < 4.78 is 0. The van der Waals surface area contributed by atoms with E-state index in [1.54, 1.807) is 12.1 Å². The summed E-state index contributed by atoms with van der Waals surface area (Å²) in [7, 11) is 0. The van der Waals surface area contributed by atoms with Crippen molar-refractivity contribution in [3.05, 3.63) is 63.6 Å². The standard InChI is InChI=1S/C23H23N5O3/c1-13-6-5-7-17(24-13)27-20(29)23-11-10-22(4,21(23,2)3)18-19(23)26-16-12-14(28(30)31)8-9-15(16)25-18/h5-9,12H,10-11H2,1-4H3,(H,24,27,29). The molecule has 1 saturated carbocycles. The lowest BCUT2D eigenvalue weighted by Gasteiger charge is -2.39. The number of hydrogen-bond donors (Lipinski definition) is 1. The fraction of sp³-hybridized carbons (Fsp3) is 0.391. The maximum absolute atomic E-state index is 13.8. The lowest BCUT2D eigenvalue weighted by atomic mass is 9.63. The normalized spacial score (nSPS) is 25.4. The third-order valence-electron chi connectivity index (χ3n) is 7.75. The minimum atomic E-state index is -0.895. The molecule has 8 nitrogen and oxygen atoms in total. The summed E-state index contributed by atoms with van der Waals surface area (Å²) in [4.78, 5) is 38.7. The molecule has 1 N–H and O–H groups in total. The minimum absolute atomic E-state index is 0.0437. The summed E-state index contributed by atoms with van der Waals surface area (Å²) in [5, 5.41) is 14.3. The van der Waals surface area contributed by atoms with Gasteiger partial charge in [0.15, 0.2) is 0 Å². The van der Waals surface area contributed by atoms with Crippen LogP contribution >= 0.6 is 0 Å². The van der Waals surface area contributed by atoms with Crippen molar-refractivity contribution in [2.24, 2.45) is 5.41 Å². The Balaban J connectivity index is 1.70. The molecular formula is C23H23N5O3. The van der Waals surface area contributed by atoms with Crippen molar-refractivity contribution in [2.45, 2.75) is 51.4 Å². The molecule has 1 amide bonds. The number of nitrogens with zero attached hydrogens (tertiary/aromatic N) is 4. The Hall–Kier alpha value is -3.42. The molecule has 1 aromatic carbocycles. The van der Waals surface area contributed by atoms with Gasteiger partial charge in [0.05, 0.1) is 32.8 Å². The van der Waals surface area contributed by atoms with E-state index in [9.17, 15) is 14.9 Å². The second kappa shape index (κ2) is 6.06. The van der Waals surface area contributed by atoms with E-state index in [-0.39, 0.29) is 17.0 Å². The molecule has 8 heteroatoms. The number of fused-ring (bicyclic) bond motifs is 6. The van der Waals surface area contributed by atoms with E-state index < -0.39 is 15.8 Å². The second-order valence-corrected chi connectivity index (χ2v) is 9.33. The maximum Gasteiger partial charge on any atom is 0.271 e. The summed E-state index contributed by atoms with van der Waals surface area (Å²) >= 11 is 0. The van der Waals surface area contributed by atoms with Gasteiger partial charge in [0, 0.05) is 23.2 Å². The molecule has 3 aromatic rings. The third kappa shape index (κ3) is 2.35. The van der Waals surface area contributed by atoms with Crippen LogP contribution in [0.2, 0.25) is 0 Å². The molecule has 5 rings (SSSR count). The average Bonchev–Trinajstić information content (AvgIpc) is 3.01. The fourth-order valence-corrected chi connectivity index (χ4v) is 5.54. The number of amides is 1. The van der Waals surface area contributed by atoms with Gasteiger partial charge in [-0.1, -0.05) is 26.8 Å². The smallest absolute Gasteiger partial charge is 0.271 e. The summed E-state index contributed by atoms with van der Waals surface area (Å²) in [5.41, 5.74) is 1.58. The predicted octanol–water partition coefficient (Wildman–Crippen LogP) is 4.21. The van der Waals surface area contributed by atoms with Crippen LogP contribution in [-0.4, -0.2) is 25.8 Å². The van der Waals surface area contributed by atoms with Crippen molar-refractivity contribution >= 4 is 28.4 Å². The van der Waals surface area contributed by atoms with E-state index in [1.807, 2.05) is 19.1 Å². The van der Waals surface area contributed by atoms with Crippen LogP contribution < -0.4 is 5.32 Å². The molecule has 1 fully saturated rings. The number of anilines is 1. The first-order valence-corrected chi connectivity index (χ1v) is 10.3. The average molecular weight is 417 g/mol. The molecule has 0 saturated heterocycles. The van der Waals surface area contributed by atoms with Crippen molar-refractivity contribution in [3.63, 3.8) is 0 Å². The van der Waals surface area contributed by atoms with E-state index in [4.69, 9.17) is 9.97 Å². The summed E-state index contributed by atoms with van der Waals surface area (Å²) in [6, 6.07) is 10.0. The van der Waals surface area contributed by atoms with Crippen LogP contribution in [0.4, 0.5) is 11.5 Å². The molecule has 31 heavy (non-hydrogen) atoms. The highest BCUT2D eigenvalue weighted by Crippen LogP contribution is 2.70. The number of nitro groups is 1. The SMILES string of the molecule is Cc1cccc(NC(=O)C23CCC(C)(c4nc5ccc([N+](=O)[O-])cc5nc42)C3(C)C)n1. The topological polar surface area (TPSA) is 111 Å². The van der Waals surface area contributed by atoms with Crippen LogP contribution in [0.1, 0.15) is 50.7 Å². The first kappa shape index (κ1) is 19.5. The lowest BCUT2D eigenvalue weighted by molar-refractivity contribution is -0.384. The summed E-state index contributed by atoms with van der Waals surface area (Å²) in [5.74, 6) is 0.346. The van der Waals surface area contributed by atoms with Gasteiger partial charge in [0.25, 0.3) is 5.69 Å². The number of carbonyl (C=O) groups is 1. The van der Waals surface area contributed by atoms with E-state index in [0.29, 0.717) is 29.0 Å². The van der Waals surface area contributed by atoms with Gasteiger partial charge in [0.2, 0.25) is 5.91 Å². The van der Waals surface area contributed by atoms with Gasteiger partial charge in [-0.05, 0) is 43.4 Å². The number of carbonyl (C=O) groups excluding carboxylic acids is 1. The summed E-state index contributed by atoms with van der Waals surface area (Å²) in [6.45, 7) is 8.21. The molecular weight excluding hydrogens is 394 g/mol. The van der Waals surface area contributed by atoms with Gasteiger partial charge in [0.1, 0.15) is 5.82 Å². The first-order valence-electron chi connectivity index (χ1n) is 10.3. The quantitative estimate of drug-likeness (QED) is 0.505. The molecule has 158 valence electrons. The number of nitro benzene ring substituents is 1. The second-order valence-electron chi connectivity index (χ2n) is 9.33. The highest BCUT2D eigenvalue weighted by atomic mass is 16.6. The number of benzene rings is 1. The van der Waals surface area contributed by atoms with Crippen molar-refractivity contribution in [2.75, 3.05) is 5.32 Å². The molecule has 2 aliphatic rings. The zero-order valence-electron chi connectivity index (χ0n) is 17.9. The van der Waals surface area contributed by atoms with Gasteiger partial charge in [-0.15, -0.1) is 0 Å². The van der Waals surface area contributed by atoms with Crippen LogP contribution in [0.15, 0.2) is 36.4 Å². The van der Waals surface area contributed by atoms with Crippen LogP contribution in [0.3, 0.4) is 0 Å².